The zero-order valence-corrected chi connectivity index (χ0v) is 21.3. The second-order valence-corrected chi connectivity index (χ2v) is 9.59. The van der Waals surface area contributed by atoms with Crippen LogP contribution in [-0.2, 0) is 14.3 Å². The van der Waals surface area contributed by atoms with Crippen molar-refractivity contribution >= 4 is 57.0 Å². The molecule has 3 amide bonds. The fraction of sp³-hybridized carbons (Fsp3) is 0.250. The normalized spacial score (nSPS) is 17.1. The molecule has 2 fully saturated rings. The van der Waals surface area contributed by atoms with E-state index in [1.165, 1.54) is 0 Å². The smallest absolute Gasteiger partial charge is 0.294 e. The van der Waals surface area contributed by atoms with E-state index in [-0.39, 0.29) is 11.4 Å². The third-order valence-electron chi connectivity index (χ3n) is 6.21. The number of imide groups is 1. The summed E-state index contributed by atoms with van der Waals surface area (Å²) < 4.78 is 11.2. The van der Waals surface area contributed by atoms with Crippen LogP contribution in [0, 0.1) is 0 Å². The number of thioether (sulfide) groups is 1. The maximum Gasteiger partial charge on any atom is 0.294 e. The molecule has 2 heterocycles. The molecule has 2 aliphatic heterocycles. The highest BCUT2D eigenvalue weighted by molar-refractivity contribution is 8.18. The Labute approximate surface area is 219 Å². The average molecular weight is 518 g/mol. The minimum absolute atomic E-state index is 0.255. The lowest BCUT2D eigenvalue weighted by Crippen LogP contribution is -2.36. The average Bonchev–Trinajstić information content (AvgIpc) is 3.18. The van der Waals surface area contributed by atoms with Gasteiger partial charge in [0.1, 0.15) is 12.3 Å². The van der Waals surface area contributed by atoms with E-state index in [2.05, 4.69) is 10.2 Å². The molecule has 8 nitrogen and oxygen atoms in total. The van der Waals surface area contributed by atoms with Crippen LogP contribution in [0.5, 0.6) is 5.75 Å². The molecular formula is C28H27N3O5S. The van der Waals surface area contributed by atoms with E-state index in [1.54, 1.807) is 6.08 Å². The first-order valence-electron chi connectivity index (χ1n) is 12.2. The van der Waals surface area contributed by atoms with Crippen molar-refractivity contribution in [2.75, 3.05) is 49.7 Å². The van der Waals surface area contributed by atoms with E-state index in [9.17, 15) is 14.4 Å². The van der Waals surface area contributed by atoms with Gasteiger partial charge in [0, 0.05) is 30.0 Å². The van der Waals surface area contributed by atoms with Gasteiger partial charge in [-0.1, -0.05) is 30.3 Å². The molecule has 0 bridgehead atoms. The maximum atomic E-state index is 13.1. The zero-order valence-electron chi connectivity index (χ0n) is 20.4. The molecule has 0 unspecified atom stereocenters. The van der Waals surface area contributed by atoms with Gasteiger partial charge in [0.05, 0.1) is 24.7 Å². The number of morpholine rings is 1. The Morgan fingerprint density at radius 1 is 1.05 bits per heavy atom. The number of anilines is 2. The number of ether oxygens (including phenoxy) is 2. The van der Waals surface area contributed by atoms with Gasteiger partial charge in [-0.2, -0.15) is 0 Å². The lowest BCUT2D eigenvalue weighted by atomic mass is 10.0. The highest BCUT2D eigenvalue weighted by Crippen LogP contribution is 2.36. The Morgan fingerprint density at radius 3 is 2.57 bits per heavy atom. The van der Waals surface area contributed by atoms with Crippen LogP contribution in [0.3, 0.4) is 0 Å². The summed E-state index contributed by atoms with van der Waals surface area (Å²) in [5.74, 6) is -0.308. The van der Waals surface area contributed by atoms with Gasteiger partial charge < -0.3 is 19.7 Å². The molecule has 3 aromatic rings. The quantitative estimate of drug-likeness (QED) is 0.453. The Morgan fingerprint density at radius 2 is 1.81 bits per heavy atom. The van der Waals surface area contributed by atoms with Crippen LogP contribution in [0.1, 0.15) is 12.5 Å². The molecule has 5 rings (SSSR count). The van der Waals surface area contributed by atoms with Crippen molar-refractivity contribution in [1.29, 1.82) is 0 Å². The van der Waals surface area contributed by atoms with Gasteiger partial charge >= 0.3 is 0 Å². The Bertz CT molecular complexity index is 1370. The summed E-state index contributed by atoms with van der Waals surface area (Å²) >= 11 is 0.825. The maximum absolute atomic E-state index is 13.1. The molecule has 0 aliphatic carbocycles. The lowest BCUT2D eigenvalue weighted by Gasteiger charge is -2.28. The summed E-state index contributed by atoms with van der Waals surface area (Å²) in [6.07, 6.45) is 1.68. The van der Waals surface area contributed by atoms with E-state index in [0.717, 1.165) is 51.8 Å². The molecule has 190 valence electrons. The third-order valence-corrected chi connectivity index (χ3v) is 7.12. The molecule has 3 aromatic carbocycles. The monoisotopic (exact) mass is 517 g/mol. The minimum Gasteiger partial charge on any atom is -0.493 e. The summed E-state index contributed by atoms with van der Waals surface area (Å²) in [4.78, 5) is 41.9. The first-order valence-corrected chi connectivity index (χ1v) is 13.0. The summed E-state index contributed by atoms with van der Waals surface area (Å²) in [7, 11) is 0. The third kappa shape index (κ3) is 5.47. The van der Waals surface area contributed by atoms with Crippen LogP contribution in [0.25, 0.3) is 16.8 Å². The number of hydrogen-bond donors (Lipinski definition) is 1. The van der Waals surface area contributed by atoms with Crippen molar-refractivity contribution in [2.24, 2.45) is 0 Å². The molecule has 0 aromatic heterocycles. The van der Waals surface area contributed by atoms with E-state index < -0.39 is 17.1 Å². The van der Waals surface area contributed by atoms with Crippen LogP contribution in [-0.4, -0.2) is 61.4 Å². The largest absolute Gasteiger partial charge is 0.493 e. The van der Waals surface area contributed by atoms with Crippen molar-refractivity contribution in [2.45, 2.75) is 6.92 Å². The molecule has 1 N–H and O–H groups in total. The number of nitrogens with zero attached hydrogens (tertiary/aromatic N) is 2. The van der Waals surface area contributed by atoms with Crippen LogP contribution >= 0.6 is 11.8 Å². The molecule has 9 heteroatoms. The second kappa shape index (κ2) is 11.1. The standard InChI is InChI=1S/C28H27N3O5S/c1-2-36-24-12-7-19-5-3-4-6-22(19)23(24)17-25-27(33)31(28(34)37-25)18-26(32)29-20-8-10-21(11-9-20)30-13-15-35-16-14-30/h3-12,17H,2,13-16,18H2,1H3,(H,29,32)/b25-17+. The van der Waals surface area contributed by atoms with Gasteiger partial charge in [0.2, 0.25) is 5.91 Å². The molecule has 0 radical (unpaired) electrons. The number of hydrogen-bond acceptors (Lipinski definition) is 7. The number of nitrogens with one attached hydrogen (secondary N) is 1. The van der Waals surface area contributed by atoms with Crippen LogP contribution in [0.4, 0.5) is 16.2 Å². The first kappa shape index (κ1) is 24.9. The van der Waals surface area contributed by atoms with Gasteiger partial charge in [-0.15, -0.1) is 0 Å². The predicted octanol–water partition coefficient (Wildman–Crippen LogP) is 4.75. The lowest BCUT2D eigenvalue weighted by molar-refractivity contribution is -0.127. The van der Waals surface area contributed by atoms with Crippen molar-refractivity contribution < 1.29 is 23.9 Å². The van der Waals surface area contributed by atoms with Crippen LogP contribution < -0.4 is 15.0 Å². The fourth-order valence-corrected chi connectivity index (χ4v) is 5.21. The predicted molar refractivity (Wildman–Crippen MR) is 146 cm³/mol. The number of carbonyl (C=O) groups excluding carboxylic acids is 3. The van der Waals surface area contributed by atoms with Gasteiger partial charge in [0.15, 0.2) is 0 Å². The summed E-state index contributed by atoms with van der Waals surface area (Å²) in [6, 6.07) is 19.1. The van der Waals surface area contributed by atoms with E-state index in [1.807, 2.05) is 67.6 Å². The molecule has 2 aliphatic rings. The van der Waals surface area contributed by atoms with Crippen molar-refractivity contribution in [1.82, 2.24) is 4.90 Å². The molecule has 0 spiro atoms. The second-order valence-electron chi connectivity index (χ2n) is 8.59. The Kier molecular flexibility index (Phi) is 7.43. The van der Waals surface area contributed by atoms with Gasteiger partial charge in [-0.3, -0.25) is 19.3 Å². The molecule has 0 saturated carbocycles. The number of carbonyl (C=O) groups is 3. The van der Waals surface area contributed by atoms with Crippen molar-refractivity contribution in [3.8, 4) is 5.75 Å². The Hall–Kier alpha value is -3.82. The summed E-state index contributed by atoms with van der Waals surface area (Å²) in [6.45, 7) is 5.03. The molecule has 37 heavy (non-hydrogen) atoms. The molecular weight excluding hydrogens is 490 g/mol. The van der Waals surface area contributed by atoms with Crippen molar-refractivity contribution in [3.05, 3.63) is 71.1 Å². The van der Waals surface area contributed by atoms with Gasteiger partial charge in [-0.25, -0.2) is 0 Å². The topological polar surface area (TPSA) is 88.2 Å². The number of amides is 3. The number of fused-ring (bicyclic) bond motifs is 1. The van der Waals surface area contributed by atoms with Gasteiger partial charge in [-0.05, 0) is 65.9 Å². The highest BCUT2D eigenvalue weighted by atomic mass is 32.2. The van der Waals surface area contributed by atoms with Gasteiger partial charge in [0.25, 0.3) is 11.1 Å². The minimum atomic E-state index is -0.497. The van der Waals surface area contributed by atoms with Crippen LogP contribution in [0.2, 0.25) is 0 Å². The Balaban J connectivity index is 1.29. The van der Waals surface area contributed by atoms with Crippen molar-refractivity contribution in [3.63, 3.8) is 0 Å². The first-order chi connectivity index (χ1) is 18.0. The summed E-state index contributed by atoms with van der Waals surface area (Å²) in [5.41, 5.74) is 2.38. The van der Waals surface area contributed by atoms with E-state index in [4.69, 9.17) is 9.47 Å². The number of benzene rings is 3. The van der Waals surface area contributed by atoms with E-state index in [0.29, 0.717) is 31.3 Å². The number of rotatable bonds is 7. The van der Waals surface area contributed by atoms with Crippen LogP contribution in [0.15, 0.2) is 65.6 Å². The SMILES string of the molecule is CCOc1ccc2ccccc2c1/C=C1/SC(=O)N(CC(=O)Nc2ccc(N3CCOCC3)cc2)C1=O. The highest BCUT2D eigenvalue weighted by Gasteiger charge is 2.36. The zero-order chi connectivity index (χ0) is 25.8. The fourth-order valence-electron chi connectivity index (χ4n) is 4.39. The summed E-state index contributed by atoms with van der Waals surface area (Å²) in [5, 5.41) is 4.21. The van der Waals surface area contributed by atoms with E-state index >= 15 is 0 Å². The molecule has 2 saturated heterocycles. The molecule has 0 atom stereocenters.